The summed E-state index contributed by atoms with van der Waals surface area (Å²) in [5.74, 6) is 0.754. The Morgan fingerprint density at radius 2 is 2.09 bits per heavy atom. The zero-order chi connectivity index (χ0) is 15.7. The van der Waals surface area contributed by atoms with Crippen LogP contribution >= 0.6 is 11.3 Å². The molecule has 3 aromatic rings. The lowest BCUT2D eigenvalue weighted by molar-refractivity contribution is 0.415. The van der Waals surface area contributed by atoms with Gasteiger partial charge in [-0.3, -0.25) is 4.72 Å². The lowest BCUT2D eigenvalue weighted by Gasteiger charge is -2.01. The molecule has 0 unspecified atom stereocenters. The highest BCUT2D eigenvalue weighted by Crippen LogP contribution is 2.31. The minimum absolute atomic E-state index is 0.400. The summed E-state index contributed by atoms with van der Waals surface area (Å²) in [4.78, 5) is 9.51. The first-order valence-electron chi connectivity index (χ1n) is 6.33. The molecule has 0 aliphatic carbocycles. The lowest BCUT2D eigenvalue weighted by Crippen LogP contribution is -2.09. The minimum atomic E-state index is -3.33. The highest BCUT2D eigenvalue weighted by molar-refractivity contribution is 7.92. The van der Waals surface area contributed by atoms with Crippen LogP contribution in [0.1, 0.15) is 0 Å². The van der Waals surface area contributed by atoms with Gasteiger partial charge in [-0.15, -0.1) is 0 Å². The van der Waals surface area contributed by atoms with Crippen molar-refractivity contribution in [2.45, 2.75) is 0 Å². The Kier molecular flexibility index (Phi) is 3.71. The van der Waals surface area contributed by atoms with E-state index in [0.29, 0.717) is 11.2 Å². The van der Waals surface area contributed by atoms with Crippen molar-refractivity contribution in [2.75, 3.05) is 18.1 Å². The van der Waals surface area contributed by atoms with Gasteiger partial charge in [-0.1, -0.05) is 23.5 Å². The molecule has 0 saturated heterocycles. The standard InChI is InChI=1S/C14H13N3O3S2/c1-20-11-5-3-4-9(6-11)13-16-12-7-10(17-22(2,18)19)8-15-14(12)21-13/h3-8,17H,1-2H3. The maximum absolute atomic E-state index is 11.3. The van der Waals surface area contributed by atoms with Crippen molar-refractivity contribution < 1.29 is 13.2 Å². The molecule has 1 N–H and O–H groups in total. The molecule has 114 valence electrons. The highest BCUT2D eigenvalue weighted by atomic mass is 32.2. The van der Waals surface area contributed by atoms with Gasteiger partial charge in [0.15, 0.2) is 0 Å². The summed E-state index contributed by atoms with van der Waals surface area (Å²) in [6, 6.07) is 9.26. The summed E-state index contributed by atoms with van der Waals surface area (Å²) in [5, 5.41) is 0.804. The number of nitrogens with zero attached hydrogens (tertiary/aromatic N) is 2. The van der Waals surface area contributed by atoms with E-state index in [0.717, 1.165) is 27.4 Å². The number of thiazole rings is 1. The van der Waals surface area contributed by atoms with Crippen LogP contribution in [0.15, 0.2) is 36.5 Å². The fourth-order valence-corrected chi connectivity index (χ4v) is 3.40. The molecule has 0 aliphatic rings. The maximum atomic E-state index is 11.3. The van der Waals surface area contributed by atoms with E-state index in [1.807, 2.05) is 24.3 Å². The van der Waals surface area contributed by atoms with E-state index in [9.17, 15) is 8.42 Å². The predicted molar refractivity (Wildman–Crippen MR) is 87.9 cm³/mol. The van der Waals surface area contributed by atoms with Gasteiger partial charge < -0.3 is 4.74 Å². The molecule has 8 heteroatoms. The van der Waals surface area contributed by atoms with Crippen LogP contribution < -0.4 is 9.46 Å². The smallest absolute Gasteiger partial charge is 0.229 e. The van der Waals surface area contributed by atoms with Crippen LogP contribution in [0.2, 0.25) is 0 Å². The molecule has 0 aliphatic heterocycles. The number of methoxy groups -OCH3 is 1. The van der Waals surface area contributed by atoms with E-state index in [1.54, 1.807) is 13.2 Å². The maximum Gasteiger partial charge on any atom is 0.229 e. The first-order chi connectivity index (χ1) is 10.4. The fraction of sp³-hybridized carbons (Fsp3) is 0.143. The number of aromatic nitrogens is 2. The van der Waals surface area contributed by atoms with Gasteiger partial charge >= 0.3 is 0 Å². The van der Waals surface area contributed by atoms with E-state index in [4.69, 9.17) is 4.74 Å². The van der Waals surface area contributed by atoms with Crippen molar-refractivity contribution in [3.63, 3.8) is 0 Å². The Morgan fingerprint density at radius 1 is 1.27 bits per heavy atom. The molecular weight excluding hydrogens is 322 g/mol. The average Bonchev–Trinajstić information content (AvgIpc) is 2.89. The third kappa shape index (κ3) is 3.18. The molecule has 0 spiro atoms. The number of benzene rings is 1. The van der Waals surface area contributed by atoms with E-state index < -0.39 is 10.0 Å². The Balaban J connectivity index is 2.02. The quantitative estimate of drug-likeness (QED) is 0.793. The third-order valence-corrected chi connectivity index (χ3v) is 4.50. The summed E-state index contributed by atoms with van der Waals surface area (Å²) in [7, 11) is -1.72. The Morgan fingerprint density at radius 3 is 2.82 bits per heavy atom. The van der Waals surface area contributed by atoms with Crippen molar-refractivity contribution in [1.82, 2.24) is 9.97 Å². The summed E-state index contributed by atoms with van der Waals surface area (Å²) < 4.78 is 30.1. The molecule has 0 bridgehead atoms. The zero-order valence-corrected chi connectivity index (χ0v) is 13.5. The van der Waals surface area contributed by atoms with Gasteiger partial charge in [-0.05, 0) is 18.2 Å². The summed E-state index contributed by atoms with van der Waals surface area (Å²) >= 11 is 1.44. The Hall–Kier alpha value is -2.19. The summed E-state index contributed by atoms with van der Waals surface area (Å²) in [5.41, 5.74) is 1.98. The largest absolute Gasteiger partial charge is 0.497 e. The van der Waals surface area contributed by atoms with Crippen LogP contribution in [0.4, 0.5) is 5.69 Å². The molecule has 0 atom stereocenters. The number of sulfonamides is 1. The Labute approximate surface area is 131 Å². The molecular formula is C14H13N3O3S2. The van der Waals surface area contributed by atoms with Crippen LogP contribution in [0.25, 0.3) is 20.9 Å². The van der Waals surface area contributed by atoms with Crippen LogP contribution in [0.3, 0.4) is 0 Å². The molecule has 0 radical (unpaired) electrons. The fourth-order valence-electron chi connectivity index (χ4n) is 1.97. The third-order valence-electron chi connectivity index (χ3n) is 2.87. The van der Waals surface area contributed by atoms with Gasteiger partial charge in [0.05, 0.1) is 25.2 Å². The van der Waals surface area contributed by atoms with Crippen molar-refractivity contribution in [3.05, 3.63) is 36.5 Å². The number of hydrogen-bond acceptors (Lipinski definition) is 6. The predicted octanol–water partition coefficient (Wildman–Crippen LogP) is 2.74. The van der Waals surface area contributed by atoms with Gasteiger partial charge in [0.1, 0.15) is 21.1 Å². The molecule has 6 nitrogen and oxygen atoms in total. The highest BCUT2D eigenvalue weighted by Gasteiger charge is 2.10. The van der Waals surface area contributed by atoms with Crippen molar-refractivity contribution in [2.24, 2.45) is 0 Å². The zero-order valence-electron chi connectivity index (χ0n) is 11.9. The first-order valence-corrected chi connectivity index (χ1v) is 9.04. The van der Waals surface area contributed by atoms with Gasteiger partial charge in [0.2, 0.25) is 10.0 Å². The molecule has 0 saturated carbocycles. The van der Waals surface area contributed by atoms with E-state index in [-0.39, 0.29) is 0 Å². The van der Waals surface area contributed by atoms with E-state index in [1.165, 1.54) is 17.5 Å². The number of hydrogen-bond donors (Lipinski definition) is 1. The molecule has 22 heavy (non-hydrogen) atoms. The van der Waals surface area contributed by atoms with Gasteiger partial charge in [-0.2, -0.15) is 0 Å². The number of fused-ring (bicyclic) bond motifs is 1. The number of ether oxygens (including phenoxy) is 1. The minimum Gasteiger partial charge on any atom is -0.497 e. The van der Waals surface area contributed by atoms with Crippen molar-refractivity contribution in [1.29, 1.82) is 0 Å². The number of pyridine rings is 1. The Bertz CT molecular complexity index is 935. The van der Waals surface area contributed by atoms with Crippen LogP contribution in [0, 0.1) is 0 Å². The van der Waals surface area contributed by atoms with Crippen molar-refractivity contribution in [3.8, 4) is 16.3 Å². The second-order valence-corrected chi connectivity index (χ2v) is 7.40. The first kappa shape index (κ1) is 14.7. The molecule has 0 fully saturated rings. The SMILES string of the molecule is COc1cccc(-c2nc3cc(NS(C)(=O)=O)cnc3s2)c1. The van der Waals surface area contributed by atoms with E-state index >= 15 is 0 Å². The molecule has 2 heterocycles. The lowest BCUT2D eigenvalue weighted by atomic mass is 10.2. The molecule has 3 rings (SSSR count). The van der Waals surface area contributed by atoms with Crippen LogP contribution in [-0.4, -0.2) is 31.8 Å². The second-order valence-electron chi connectivity index (χ2n) is 4.67. The molecule has 2 aromatic heterocycles. The number of anilines is 1. The van der Waals surface area contributed by atoms with E-state index in [2.05, 4.69) is 14.7 Å². The number of rotatable bonds is 4. The number of nitrogens with one attached hydrogen (secondary N) is 1. The second kappa shape index (κ2) is 5.54. The van der Waals surface area contributed by atoms with Gasteiger partial charge in [0.25, 0.3) is 0 Å². The van der Waals surface area contributed by atoms with Crippen molar-refractivity contribution >= 4 is 37.4 Å². The topological polar surface area (TPSA) is 81.2 Å². The summed E-state index contributed by atoms with van der Waals surface area (Å²) in [6.45, 7) is 0. The average molecular weight is 335 g/mol. The normalized spacial score (nSPS) is 11.5. The van der Waals surface area contributed by atoms with Crippen LogP contribution in [0.5, 0.6) is 5.75 Å². The molecule has 0 amide bonds. The van der Waals surface area contributed by atoms with Crippen LogP contribution in [-0.2, 0) is 10.0 Å². The van der Waals surface area contributed by atoms with Gasteiger partial charge in [-0.25, -0.2) is 18.4 Å². The molecule has 1 aromatic carbocycles. The summed E-state index contributed by atoms with van der Waals surface area (Å²) in [6.07, 6.45) is 2.58. The monoisotopic (exact) mass is 335 g/mol. The van der Waals surface area contributed by atoms with Gasteiger partial charge in [0, 0.05) is 5.56 Å².